The van der Waals surface area contributed by atoms with Gasteiger partial charge in [-0.3, -0.25) is 4.79 Å². The second kappa shape index (κ2) is 5.61. The van der Waals surface area contributed by atoms with Crippen LogP contribution in [-0.4, -0.2) is 23.4 Å². The molecule has 1 aromatic carbocycles. The summed E-state index contributed by atoms with van der Waals surface area (Å²) in [5.41, 5.74) is 0.548. The molecule has 0 unspecified atom stereocenters. The molecule has 1 aliphatic rings. The highest BCUT2D eigenvalue weighted by molar-refractivity contribution is 6.18. The van der Waals surface area contributed by atoms with E-state index >= 15 is 0 Å². The van der Waals surface area contributed by atoms with Gasteiger partial charge in [0, 0.05) is 23.4 Å². The normalized spacial score (nSPS) is 17.6. The minimum Gasteiger partial charge on any atom is -0.508 e. The first-order chi connectivity index (χ1) is 8.65. The highest BCUT2D eigenvalue weighted by Gasteiger charge is 2.33. The zero-order chi connectivity index (χ0) is 13.0. The molecule has 18 heavy (non-hydrogen) atoms. The topological polar surface area (TPSA) is 49.3 Å². The van der Waals surface area contributed by atoms with Crippen molar-refractivity contribution in [2.45, 2.75) is 25.7 Å². The molecule has 1 amide bonds. The number of hydrogen-bond donors (Lipinski definition) is 2. The van der Waals surface area contributed by atoms with Crippen LogP contribution < -0.4 is 5.32 Å². The maximum Gasteiger partial charge on any atom is 0.251 e. The molecule has 1 saturated carbocycles. The first-order valence-electron chi connectivity index (χ1n) is 6.28. The average molecular weight is 268 g/mol. The van der Waals surface area contributed by atoms with Gasteiger partial charge in [-0.1, -0.05) is 18.9 Å². The van der Waals surface area contributed by atoms with Gasteiger partial charge >= 0.3 is 0 Å². The Morgan fingerprint density at radius 2 is 2.11 bits per heavy atom. The molecule has 0 aliphatic heterocycles. The van der Waals surface area contributed by atoms with Crippen molar-refractivity contribution < 1.29 is 9.90 Å². The number of alkyl halides is 1. The molecule has 0 heterocycles. The first kappa shape index (κ1) is 13.2. The minimum absolute atomic E-state index is 0.0635. The second-order valence-electron chi connectivity index (χ2n) is 5.07. The van der Waals surface area contributed by atoms with E-state index in [1.165, 1.54) is 18.9 Å². The van der Waals surface area contributed by atoms with Crippen LogP contribution in [-0.2, 0) is 0 Å². The third-order valence-corrected chi connectivity index (χ3v) is 4.25. The number of phenols is 1. The fourth-order valence-corrected chi connectivity index (χ4v) is 2.86. The van der Waals surface area contributed by atoms with Crippen LogP contribution in [0, 0.1) is 5.41 Å². The molecular weight excluding hydrogens is 250 g/mol. The fourth-order valence-electron chi connectivity index (χ4n) is 2.50. The summed E-state index contributed by atoms with van der Waals surface area (Å²) in [6, 6.07) is 6.37. The van der Waals surface area contributed by atoms with Crippen molar-refractivity contribution in [1.29, 1.82) is 0 Å². The Kier molecular flexibility index (Phi) is 4.12. The van der Waals surface area contributed by atoms with Crippen LogP contribution >= 0.6 is 11.6 Å². The molecule has 1 aliphatic carbocycles. The van der Waals surface area contributed by atoms with E-state index in [1.807, 2.05) is 0 Å². The molecule has 1 fully saturated rings. The van der Waals surface area contributed by atoms with Crippen molar-refractivity contribution >= 4 is 17.5 Å². The van der Waals surface area contributed by atoms with E-state index in [-0.39, 0.29) is 17.1 Å². The van der Waals surface area contributed by atoms with E-state index in [1.54, 1.807) is 18.2 Å². The lowest BCUT2D eigenvalue weighted by Gasteiger charge is -2.26. The highest BCUT2D eigenvalue weighted by atomic mass is 35.5. The van der Waals surface area contributed by atoms with Gasteiger partial charge in [0.15, 0.2) is 0 Å². The molecule has 0 saturated heterocycles. The molecule has 0 atom stereocenters. The summed E-state index contributed by atoms with van der Waals surface area (Å²) in [4.78, 5) is 11.9. The van der Waals surface area contributed by atoms with Gasteiger partial charge in [0.05, 0.1) is 0 Å². The van der Waals surface area contributed by atoms with Gasteiger partial charge in [-0.05, 0) is 31.0 Å². The van der Waals surface area contributed by atoms with E-state index < -0.39 is 0 Å². The molecule has 1 aromatic rings. The molecule has 4 heteroatoms. The largest absolute Gasteiger partial charge is 0.508 e. The monoisotopic (exact) mass is 267 g/mol. The molecule has 0 spiro atoms. The van der Waals surface area contributed by atoms with Crippen molar-refractivity contribution in [2.24, 2.45) is 5.41 Å². The number of carbonyl (C=O) groups is 1. The summed E-state index contributed by atoms with van der Waals surface area (Å²) < 4.78 is 0. The predicted molar refractivity (Wildman–Crippen MR) is 72.1 cm³/mol. The van der Waals surface area contributed by atoms with Crippen LogP contribution in [0.15, 0.2) is 24.3 Å². The summed E-state index contributed by atoms with van der Waals surface area (Å²) >= 11 is 6.03. The van der Waals surface area contributed by atoms with Crippen LogP contribution in [0.2, 0.25) is 0 Å². The minimum atomic E-state index is -0.151. The maximum atomic E-state index is 11.9. The van der Waals surface area contributed by atoms with Crippen LogP contribution in [0.1, 0.15) is 36.0 Å². The number of carbonyl (C=O) groups excluding carboxylic acids is 1. The fraction of sp³-hybridized carbons (Fsp3) is 0.500. The highest BCUT2D eigenvalue weighted by Crippen LogP contribution is 2.38. The van der Waals surface area contributed by atoms with Gasteiger partial charge in [-0.15, -0.1) is 11.6 Å². The summed E-state index contributed by atoms with van der Waals surface area (Å²) in [5, 5.41) is 12.3. The van der Waals surface area contributed by atoms with Crippen molar-refractivity contribution in [3.05, 3.63) is 29.8 Å². The van der Waals surface area contributed by atoms with E-state index in [0.29, 0.717) is 18.0 Å². The Labute approximate surface area is 112 Å². The predicted octanol–water partition coefficient (Wildman–Crippen LogP) is 2.92. The number of phenolic OH excluding ortho intramolecular Hbond substituents is 1. The summed E-state index contributed by atoms with van der Waals surface area (Å²) in [7, 11) is 0. The zero-order valence-electron chi connectivity index (χ0n) is 10.3. The Bertz CT molecular complexity index is 428. The van der Waals surface area contributed by atoms with Crippen LogP contribution in [0.25, 0.3) is 0 Å². The van der Waals surface area contributed by atoms with Gasteiger partial charge in [0.25, 0.3) is 5.91 Å². The Morgan fingerprint density at radius 3 is 2.72 bits per heavy atom. The number of benzene rings is 1. The molecule has 3 nitrogen and oxygen atoms in total. The van der Waals surface area contributed by atoms with E-state index in [2.05, 4.69) is 5.32 Å². The lowest BCUT2D eigenvalue weighted by atomic mass is 9.88. The summed E-state index contributed by atoms with van der Waals surface area (Å²) in [6.07, 6.45) is 4.54. The van der Waals surface area contributed by atoms with Gasteiger partial charge in [-0.25, -0.2) is 0 Å². The van der Waals surface area contributed by atoms with Crippen molar-refractivity contribution in [3.63, 3.8) is 0 Å². The number of nitrogens with one attached hydrogen (secondary N) is 1. The third kappa shape index (κ3) is 2.96. The number of amides is 1. The Morgan fingerprint density at radius 1 is 1.39 bits per heavy atom. The van der Waals surface area contributed by atoms with E-state index in [9.17, 15) is 9.90 Å². The van der Waals surface area contributed by atoms with Crippen LogP contribution in [0.4, 0.5) is 0 Å². The first-order valence-corrected chi connectivity index (χ1v) is 6.82. The van der Waals surface area contributed by atoms with Gasteiger partial charge < -0.3 is 10.4 Å². The molecule has 2 rings (SSSR count). The third-order valence-electron chi connectivity index (χ3n) is 3.68. The quantitative estimate of drug-likeness (QED) is 0.824. The molecule has 0 radical (unpaired) electrons. The number of halogens is 1. The Balaban J connectivity index is 1.96. The van der Waals surface area contributed by atoms with Crippen LogP contribution in [0.5, 0.6) is 5.75 Å². The average Bonchev–Trinajstić information content (AvgIpc) is 2.85. The molecule has 98 valence electrons. The smallest absolute Gasteiger partial charge is 0.251 e. The van der Waals surface area contributed by atoms with Crippen molar-refractivity contribution in [1.82, 2.24) is 5.32 Å². The van der Waals surface area contributed by atoms with Crippen molar-refractivity contribution in [3.8, 4) is 5.75 Å². The summed E-state index contributed by atoms with van der Waals surface area (Å²) in [5.74, 6) is 0.547. The molecule has 2 N–H and O–H groups in total. The van der Waals surface area contributed by atoms with Gasteiger partial charge in [0.2, 0.25) is 0 Å². The number of aromatic hydroxyl groups is 1. The molecular formula is C14H18ClNO2. The Hall–Kier alpha value is -1.22. The second-order valence-corrected chi connectivity index (χ2v) is 5.34. The lowest BCUT2D eigenvalue weighted by Crippen LogP contribution is -2.37. The zero-order valence-corrected chi connectivity index (χ0v) is 11.0. The SMILES string of the molecule is O=C(NCC1(CCl)CCCC1)c1cccc(O)c1. The van der Waals surface area contributed by atoms with Crippen molar-refractivity contribution in [2.75, 3.05) is 12.4 Å². The van der Waals surface area contributed by atoms with Crippen LogP contribution in [0.3, 0.4) is 0 Å². The lowest BCUT2D eigenvalue weighted by molar-refractivity contribution is 0.0934. The molecule has 0 bridgehead atoms. The molecule has 0 aromatic heterocycles. The number of hydrogen-bond acceptors (Lipinski definition) is 2. The van der Waals surface area contributed by atoms with Gasteiger partial charge in [0.1, 0.15) is 5.75 Å². The maximum absolute atomic E-state index is 11.9. The summed E-state index contributed by atoms with van der Waals surface area (Å²) in [6.45, 7) is 0.616. The number of rotatable bonds is 4. The van der Waals surface area contributed by atoms with E-state index in [0.717, 1.165) is 12.8 Å². The van der Waals surface area contributed by atoms with E-state index in [4.69, 9.17) is 11.6 Å². The standard InChI is InChI=1S/C14H18ClNO2/c15-9-14(6-1-2-7-14)10-16-13(18)11-4-3-5-12(17)8-11/h3-5,8,17H,1-2,6-7,9-10H2,(H,16,18). The van der Waals surface area contributed by atoms with Gasteiger partial charge in [-0.2, -0.15) is 0 Å².